The third-order valence-corrected chi connectivity index (χ3v) is 9.81. The van der Waals surface area contributed by atoms with E-state index < -0.39 is 5.60 Å². The number of carbonyl (C=O) groups excluding carboxylic acids is 1. The van der Waals surface area contributed by atoms with Crippen LogP contribution in [0.5, 0.6) is 0 Å². The van der Waals surface area contributed by atoms with Crippen molar-refractivity contribution in [2.75, 3.05) is 19.0 Å². The molecule has 4 aliphatic carbocycles. The molecule has 4 aliphatic rings. The van der Waals surface area contributed by atoms with E-state index >= 15 is 0 Å². The molecule has 5 rings (SSSR count). The number of hydrogen-bond donors (Lipinski definition) is 1. The van der Waals surface area contributed by atoms with Crippen LogP contribution in [-0.2, 0) is 4.79 Å². The molecular formula is C30H41NO2. The molecule has 5 atom stereocenters. The van der Waals surface area contributed by atoms with Crippen LogP contribution in [0.25, 0.3) is 0 Å². The monoisotopic (exact) mass is 447 g/mol. The number of hydrogen-bond acceptors (Lipinski definition) is 3. The van der Waals surface area contributed by atoms with Gasteiger partial charge in [-0.05, 0) is 91.7 Å². The van der Waals surface area contributed by atoms with Crippen LogP contribution in [0.4, 0.5) is 5.69 Å². The highest BCUT2D eigenvalue weighted by Gasteiger charge is 2.62. The zero-order valence-electron chi connectivity index (χ0n) is 21.0. The molecule has 3 heteroatoms. The third-order valence-electron chi connectivity index (χ3n) is 9.81. The van der Waals surface area contributed by atoms with E-state index in [1.165, 1.54) is 22.4 Å². The van der Waals surface area contributed by atoms with Crippen LogP contribution in [-0.4, -0.2) is 30.6 Å². The van der Waals surface area contributed by atoms with Crippen molar-refractivity contribution in [3.05, 3.63) is 52.6 Å². The maximum atomic E-state index is 12.2. The van der Waals surface area contributed by atoms with Gasteiger partial charge in [0.1, 0.15) is 0 Å². The molecule has 33 heavy (non-hydrogen) atoms. The normalized spacial score (nSPS) is 35.6. The van der Waals surface area contributed by atoms with Crippen LogP contribution >= 0.6 is 0 Å². The molecule has 0 heterocycles. The number of carbonyl (C=O) groups is 1. The molecule has 178 valence electrons. The highest BCUT2D eigenvalue weighted by Crippen LogP contribution is 2.67. The zero-order chi connectivity index (χ0) is 23.4. The van der Waals surface area contributed by atoms with Gasteiger partial charge in [0.05, 0.1) is 5.60 Å². The van der Waals surface area contributed by atoms with Crippen LogP contribution in [0.2, 0.25) is 0 Å². The Kier molecular flexibility index (Phi) is 5.84. The maximum Gasteiger partial charge on any atom is 0.156 e. The Balaban J connectivity index is 1.62. The minimum Gasteiger partial charge on any atom is -0.389 e. The lowest BCUT2D eigenvalue weighted by Crippen LogP contribution is -2.51. The molecule has 2 fully saturated rings. The molecule has 1 aromatic carbocycles. The summed E-state index contributed by atoms with van der Waals surface area (Å²) in [5.74, 6) is 1.73. The van der Waals surface area contributed by atoms with Crippen molar-refractivity contribution >= 4 is 11.5 Å². The van der Waals surface area contributed by atoms with Gasteiger partial charge in [-0.15, -0.1) is 0 Å². The topological polar surface area (TPSA) is 40.5 Å². The molecule has 2 unspecified atom stereocenters. The second kappa shape index (κ2) is 8.41. The molecule has 1 N–H and O–H groups in total. The summed E-state index contributed by atoms with van der Waals surface area (Å²) in [6, 6.07) is 9.12. The van der Waals surface area contributed by atoms with Crippen LogP contribution in [0.15, 0.2) is 47.1 Å². The fraction of sp³-hybridized carbons (Fsp3) is 0.633. The van der Waals surface area contributed by atoms with Crippen LogP contribution in [0.1, 0.15) is 89.5 Å². The van der Waals surface area contributed by atoms with Crippen molar-refractivity contribution in [2.24, 2.45) is 17.3 Å². The molecule has 0 amide bonds. The maximum absolute atomic E-state index is 12.2. The predicted molar refractivity (Wildman–Crippen MR) is 136 cm³/mol. The quantitative estimate of drug-likeness (QED) is 0.555. The lowest BCUT2D eigenvalue weighted by Gasteiger charge is -2.55. The van der Waals surface area contributed by atoms with E-state index in [0.29, 0.717) is 30.0 Å². The van der Waals surface area contributed by atoms with Gasteiger partial charge >= 0.3 is 0 Å². The Labute approximate surface area is 200 Å². The van der Waals surface area contributed by atoms with E-state index in [-0.39, 0.29) is 5.41 Å². The molecule has 0 aromatic heterocycles. The lowest BCUT2D eigenvalue weighted by atomic mass is 9.51. The first-order valence-electron chi connectivity index (χ1n) is 13.2. The fourth-order valence-corrected chi connectivity index (χ4v) is 7.94. The van der Waals surface area contributed by atoms with Gasteiger partial charge < -0.3 is 10.0 Å². The van der Waals surface area contributed by atoms with Gasteiger partial charge in [0.15, 0.2) is 5.78 Å². The largest absolute Gasteiger partial charge is 0.389 e. The number of rotatable bonds is 5. The van der Waals surface area contributed by atoms with E-state index in [2.05, 4.69) is 57.1 Å². The smallest absolute Gasteiger partial charge is 0.156 e. The summed E-state index contributed by atoms with van der Waals surface area (Å²) in [5.41, 5.74) is 6.45. The van der Waals surface area contributed by atoms with Gasteiger partial charge in [0.2, 0.25) is 0 Å². The van der Waals surface area contributed by atoms with E-state index in [1.54, 1.807) is 5.57 Å². The van der Waals surface area contributed by atoms with Crippen LogP contribution in [0.3, 0.4) is 0 Å². The van der Waals surface area contributed by atoms with Crippen molar-refractivity contribution in [1.82, 2.24) is 0 Å². The van der Waals surface area contributed by atoms with Crippen molar-refractivity contribution in [1.29, 1.82) is 0 Å². The minimum atomic E-state index is -0.551. The molecular weight excluding hydrogens is 406 g/mol. The second-order valence-electron chi connectivity index (χ2n) is 11.7. The van der Waals surface area contributed by atoms with Crippen molar-refractivity contribution in [3.63, 3.8) is 0 Å². The summed E-state index contributed by atoms with van der Waals surface area (Å²) in [5, 5.41) is 12.0. The zero-order valence-corrected chi connectivity index (χ0v) is 21.0. The number of unbranched alkanes of at least 4 members (excludes halogenated alkanes) is 1. The minimum absolute atomic E-state index is 0.0481. The number of anilines is 1. The summed E-state index contributed by atoms with van der Waals surface area (Å²) in [6.45, 7) is 4.65. The van der Waals surface area contributed by atoms with Gasteiger partial charge in [-0.25, -0.2) is 0 Å². The van der Waals surface area contributed by atoms with Gasteiger partial charge in [0, 0.05) is 37.5 Å². The standard InChI is InChI=1S/C30H41NO2/c1-5-6-16-30(33)17-15-27-25-13-9-21-18-23(32)12-14-24(21)28(25)26(19-29(27,30)2)20-7-10-22(11-8-20)31(3)4/h7-8,10-11,18,25-27,33H,5-6,9,12-17,19H2,1-4H3/t25?,26-,27?,29-,30-/m1/s1. The van der Waals surface area contributed by atoms with Crippen LogP contribution < -0.4 is 4.90 Å². The van der Waals surface area contributed by atoms with E-state index in [1.807, 2.05) is 6.08 Å². The predicted octanol–water partition coefficient (Wildman–Crippen LogP) is 6.57. The summed E-state index contributed by atoms with van der Waals surface area (Å²) in [6.07, 6.45) is 12.0. The van der Waals surface area contributed by atoms with Gasteiger partial charge in [0.25, 0.3) is 0 Å². The number of allylic oxidation sites excluding steroid dienone is 4. The van der Waals surface area contributed by atoms with Crippen molar-refractivity contribution in [2.45, 2.75) is 89.6 Å². The summed E-state index contributed by atoms with van der Waals surface area (Å²) in [4.78, 5) is 14.4. The Hall–Kier alpha value is -1.87. The lowest BCUT2D eigenvalue weighted by molar-refractivity contribution is -0.114. The molecule has 2 saturated carbocycles. The molecule has 0 saturated heterocycles. The molecule has 0 radical (unpaired) electrons. The molecule has 1 aromatic rings. The fourth-order valence-electron chi connectivity index (χ4n) is 7.94. The average molecular weight is 448 g/mol. The number of nitrogens with zero attached hydrogens (tertiary/aromatic N) is 1. The highest BCUT2D eigenvalue weighted by molar-refractivity contribution is 5.93. The van der Waals surface area contributed by atoms with Crippen LogP contribution in [0, 0.1) is 17.3 Å². The van der Waals surface area contributed by atoms with Crippen molar-refractivity contribution < 1.29 is 9.90 Å². The SMILES string of the molecule is CCCC[C@@]1(O)CCC2C3CCC4=CC(=O)CCC4=C3[C@@H](c3ccc(N(C)C)cc3)C[C@]21C. The number of benzene rings is 1. The number of fused-ring (bicyclic) bond motifs is 4. The van der Waals surface area contributed by atoms with Gasteiger partial charge in [-0.1, -0.05) is 44.4 Å². The molecule has 3 nitrogen and oxygen atoms in total. The van der Waals surface area contributed by atoms with Crippen molar-refractivity contribution in [3.8, 4) is 0 Å². The highest BCUT2D eigenvalue weighted by atomic mass is 16.3. The molecule has 0 aliphatic heterocycles. The summed E-state index contributed by atoms with van der Waals surface area (Å²) >= 11 is 0. The number of aliphatic hydroxyl groups is 1. The van der Waals surface area contributed by atoms with E-state index in [0.717, 1.165) is 57.8 Å². The van der Waals surface area contributed by atoms with Gasteiger partial charge in [-0.2, -0.15) is 0 Å². The second-order valence-corrected chi connectivity index (χ2v) is 11.7. The first kappa shape index (κ1) is 22.9. The Morgan fingerprint density at radius 2 is 1.85 bits per heavy atom. The Morgan fingerprint density at radius 1 is 1.09 bits per heavy atom. The van der Waals surface area contributed by atoms with E-state index in [4.69, 9.17) is 0 Å². The van der Waals surface area contributed by atoms with Gasteiger partial charge in [-0.3, -0.25) is 4.79 Å². The van der Waals surface area contributed by atoms with E-state index in [9.17, 15) is 9.90 Å². The average Bonchev–Trinajstić information content (AvgIpc) is 3.07. The first-order chi connectivity index (χ1) is 15.8. The third kappa shape index (κ3) is 3.62. The molecule has 0 bridgehead atoms. The first-order valence-corrected chi connectivity index (χ1v) is 13.2. The molecule has 0 spiro atoms. The summed E-state index contributed by atoms with van der Waals surface area (Å²) in [7, 11) is 4.18. The Morgan fingerprint density at radius 3 is 2.55 bits per heavy atom. The Bertz CT molecular complexity index is 987. The number of ketones is 1. The summed E-state index contributed by atoms with van der Waals surface area (Å²) < 4.78 is 0.